The first-order valence-electron chi connectivity index (χ1n) is 3.56. The number of thioether (sulfide) groups is 1. The highest BCUT2D eigenvalue weighted by atomic mass is 32.2. The second kappa shape index (κ2) is 3.03. The molecule has 4 heteroatoms. The molecular weight excluding hydrogens is 188 g/mol. The number of nitrogens with zero attached hydrogens (tertiary/aromatic N) is 2. The van der Waals surface area contributed by atoms with E-state index in [4.69, 9.17) is 0 Å². The van der Waals surface area contributed by atoms with Crippen molar-refractivity contribution in [3.05, 3.63) is 17.3 Å². The minimum absolute atomic E-state index is 1.07. The molecular formula is C8H8N2S2. The van der Waals surface area contributed by atoms with Crippen molar-refractivity contribution in [2.75, 3.05) is 6.26 Å². The number of aromatic nitrogens is 2. The lowest BCUT2D eigenvalue weighted by Gasteiger charge is -1.94. The van der Waals surface area contributed by atoms with E-state index in [1.807, 2.05) is 6.26 Å². The molecule has 0 spiro atoms. The fourth-order valence-electron chi connectivity index (χ4n) is 1.12. The summed E-state index contributed by atoms with van der Waals surface area (Å²) in [6, 6.07) is 2.14. The van der Waals surface area contributed by atoms with Crippen LogP contribution in [0.25, 0.3) is 10.2 Å². The Labute approximate surface area is 79.0 Å². The third kappa shape index (κ3) is 1.21. The molecule has 0 fully saturated rings. The van der Waals surface area contributed by atoms with Crippen LogP contribution in [0.1, 0.15) is 4.88 Å². The second-order valence-corrected chi connectivity index (χ2v) is 4.49. The Kier molecular flexibility index (Phi) is 2.02. The van der Waals surface area contributed by atoms with Crippen molar-refractivity contribution in [2.24, 2.45) is 0 Å². The molecule has 0 radical (unpaired) electrons. The maximum Gasteiger partial charge on any atom is 0.128 e. The molecule has 2 aromatic heterocycles. The summed E-state index contributed by atoms with van der Waals surface area (Å²) in [5.74, 6) is 0. The van der Waals surface area contributed by atoms with Gasteiger partial charge in [-0.3, -0.25) is 0 Å². The highest BCUT2D eigenvalue weighted by Crippen LogP contribution is 2.28. The number of hydrogen-bond acceptors (Lipinski definition) is 4. The average molecular weight is 196 g/mol. The van der Waals surface area contributed by atoms with Crippen LogP contribution >= 0.6 is 23.1 Å². The Morgan fingerprint density at radius 1 is 1.42 bits per heavy atom. The molecule has 0 bridgehead atoms. The minimum Gasteiger partial charge on any atom is -0.229 e. The van der Waals surface area contributed by atoms with Crippen LogP contribution in [0.4, 0.5) is 0 Å². The van der Waals surface area contributed by atoms with Crippen molar-refractivity contribution in [1.82, 2.24) is 9.97 Å². The van der Waals surface area contributed by atoms with Gasteiger partial charge in [0.1, 0.15) is 16.2 Å². The van der Waals surface area contributed by atoms with Crippen molar-refractivity contribution >= 4 is 33.3 Å². The van der Waals surface area contributed by atoms with E-state index in [1.54, 1.807) is 29.4 Å². The van der Waals surface area contributed by atoms with Crippen LogP contribution in [0.3, 0.4) is 0 Å². The van der Waals surface area contributed by atoms with Crippen LogP contribution in [-0.4, -0.2) is 16.2 Å². The van der Waals surface area contributed by atoms with Gasteiger partial charge in [0.2, 0.25) is 0 Å². The maximum absolute atomic E-state index is 4.20. The molecule has 0 amide bonds. The molecule has 2 heterocycles. The van der Waals surface area contributed by atoms with Gasteiger partial charge in [-0.25, -0.2) is 9.97 Å². The summed E-state index contributed by atoms with van der Waals surface area (Å²) in [5.41, 5.74) is 0. The fourth-order valence-corrected chi connectivity index (χ4v) is 2.56. The number of rotatable bonds is 1. The van der Waals surface area contributed by atoms with Crippen LogP contribution in [0.2, 0.25) is 0 Å². The molecule has 0 aliphatic carbocycles. The number of thiophene rings is 1. The highest BCUT2D eigenvalue weighted by molar-refractivity contribution is 7.98. The largest absolute Gasteiger partial charge is 0.229 e. The molecule has 0 aliphatic heterocycles. The first kappa shape index (κ1) is 8.01. The van der Waals surface area contributed by atoms with Gasteiger partial charge in [0, 0.05) is 10.3 Å². The van der Waals surface area contributed by atoms with E-state index in [9.17, 15) is 0 Å². The molecule has 12 heavy (non-hydrogen) atoms. The van der Waals surface area contributed by atoms with Gasteiger partial charge in [0.15, 0.2) is 0 Å². The first-order chi connectivity index (χ1) is 5.81. The summed E-state index contributed by atoms with van der Waals surface area (Å²) in [5, 5.41) is 2.26. The Hall–Kier alpha value is -0.610. The van der Waals surface area contributed by atoms with Crippen LogP contribution in [0, 0.1) is 6.92 Å². The molecule has 0 saturated heterocycles. The predicted molar refractivity (Wildman–Crippen MR) is 53.9 cm³/mol. The van der Waals surface area contributed by atoms with Crippen molar-refractivity contribution in [3.63, 3.8) is 0 Å². The SMILES string of the molecule is CSc1ncnc2sc(C)cc12. The van der Waals surface area contributed by atoms with Gasteiger partial charge < -0.3 is 0 Å². The van der Waals surface area contributed by atoms with E-state index in [-0.39, 0.29) is 0 Å². The molecule has 2 aromatic rings. The zero-order valence-corrected chi connectivity index (χ0v) is 8.50. The zero-order chi connectivity index (χ0) is 8.55. The summed E-state index contributed by atoms with van der Waals surface area (Å²) >= 11 is 3.38. The number of hydrogen-bond donors (Lipinski definition) is 0. The van der Waals surface area contributed by atoms with Crippen LogP contribution in [-0.2, 0) is 0 Å². The van der Waals surface area contributed by atoms with Crippen molar-refractivity contribution in [1.29, 1.82) is 0 Å². The molecule has 0 atom stereocenters. The summed E-state index contributed by atoms with van der Waals surface area (Å²) in [7, 11) is 0. The predicted octanol–water partition coefficient (Wildman–Crippen LogP) is 2.72. The normalized spacial score (nSPS) is 10.8. The minimum atomic E-state index is 1.07. The molecule has 0 N–H and O–H groups in total. The van der Waals surface area contributed by atoms with E-state index in [0.717, 1.165) is 9.86 Å². The summed E-state index contributed by atoms with van der Waals surface area (Å²) in [6.45, 7) is 2.09. The Morgan fingerprint density at radius 3 is 3.00 bits per heavy atom. The van der Waals surface area contributed by atoms with E-state index >= 15 is 0 Å². The number of aryl methyl sites for hydroxylation is 1. The molecule has 0 saturated carbocycles. The Bertz CT molecular complexity index is 408. The van der Waals surface area contributed by atoms with Gasteiger partial charge in [-0.1, -0.05) is 0 Å². The van der Waals surface area contributed by atoms with E-state index in [0.29, 0.717) is 0 Å². The number of fused-ring (bicyclic) bond motifs is 1. The van der Waals surface area contributed by atoms with Crippen molar-refractivity contribution < 1.29 is 0 Å². The van der Waals surface area contributed by atoms with Crippen molar-refractivity contribution in [2.45, 2.75) is 11.9 Å². The Morgan fingerprint density at radius 2 is 2.25 bits per heavy atom. The summed E-state index contributed by atoms with van der Waals surface area (Å²) < 4.78 is 0. The van der Waals surface area contributed by atoms with Gasteiger partial charge in [-0.15, -0.1) is 23.1 Å². The van der Waals surface area contributed by atoms with Gasteiger partial charge in [-0.2, -0.15) is 0 Å². The van der Waals surface area contributed by atoms with Crippen molar-refractivity contribution in [3.8, 4) is 0 Å². The average Bonchev–Trinajstić information content (AvgIpc) is 2.44. The quantitative estimate of drug-likeness (QED) is 0.518. The molecule has 2 rings (SSSR count). The first-order valence-corrected chi connectivity index (χ1v) is 5.60. The topological polar surface area (TPSA) is 25.8 Å². The molecule has 0 aromatic carbocycles. The lowest BCUT2D eigenvalue weighted by atomic mass is 10.4. The van der Waals surface area contributed by atoms with Gasteiger partial charge in [0.05, 0.1) is 0 Å². The lowest BCUT2D eigenvalue weighted by Crippen LogP contribution is -1.80. The van der Waals surface area contributed by atoms with E-state index in [2.05, 4.69) is 23.0 Å². The zero-order valence-electron chi connectivity index (χ0n) is 6.87. The van der Waals surface area contributed by atoms with Gasteiger partial charge in [-0.05, 0) is 19.2 Å². The molecule has 62 valence electrons. The Balaban J connectivity index is 2.78. The maximum atomic E-state index is 4.20. The van der Waals surface area contributed by atoms with Gasteiger partial charge >= 0.3 is 0 Å². The summed E-state index contributed by atoms with van der Waals surface area (Å²) in [4.78, 5) is 10.8. The van der Waals surface area contributed by atoms with Crippen LogP contribution < -0.4 is 0 Å². The monoisotopic (exact) mass is 196 g/mol. The standard InChI is InChI=1S/C8H8N2S2/c1-5-3-6-7(11-2)9-4-10-8(6)12-5/h3-4H,1-2H3. The second-order valence-electron chi connectivity index (χ2n) is 2.46. The third-order valence-electron chi connectivity index (χ3n) is 1.61. The fraction of sp³-hybridized carbons (Fsp3) is 0.250. The third-order valence-corrected chi connectivity index (χ3v) is 3.28. The lowest BCUT2D eigenvalue weighted by molar-refractivity contribution is 1.11. The van der Waals surface area contributed by atoms with E-state index < -0.39 is 0 Å². The smallest absolute Gasteiger partial charge is 0.128 e. The molecule has 0 aliphatic rings. The van der Waals surface area contributed by atoms with Crippen LogP contribution in [0.15, 0.2) is 17.4 Å². The van der Waals surface area contributed by atoms with Gasteiger partial charge in [0.25, 0.3) is 0 Å². The highest BCUT2D eigenvalue weighted by Gasteiger charge is 2.04. The van der Waals surface area contributed by atoms with Crippen LogP contribution in [0.5, 0.6) is 0 Å². The summed E-state index contributed by atoms with van der Waals surface area (Å²) in [6.07, 6.45) is 3.67. The molecule has 0 unspecified atom stereocenters. The van der Waals surface area contributed by atoms with E-state index in [1.165, 1.54) is 10.3 Å². The molecule has 2 nitrogen and oxygen atoms in total.